The van der Waals surface area contributed by atoms with Gasteiger partial charge in [0.1, 0.15) is 11.9 Å². The zero-order valence-corrected chi connectivity index (χ0v) is 12.0. The first kappa shape index (κ1) is 15.4. The van der Waals surface area contributed by atoms with Crippen molar-refractivity contribution < 1.29 is 18.6 Å². The molecule has 0 saturated carbocycles. The summed E-state index contributed by atoms with van der Waals surface area (Å²) < 4.78 is 30.6. The molecule has 2 rings (SSSR count). The van der Waals surface area contributed by atoms with Crippen molar-refractivity contribution in [2.75, 3.05) is 0 Å². The van der Waals surface area contributed by atoms with Gasteiger partial charge in [0.05, 0.1) is 6.10 Å². The molecule has 0 spiro atoms. The predicted octanol–water partition coefficient (Wildman–Crippen LogP) is 4.49. The molecule has 0 radical (unpaired) electrons. The third-order valence-electron chi connectivity index (χ3n) is 3.05. The second-order valence-corrected chi connectivity index (χ2v) is 5.11. The topological polar surface area (TPSA) is 29.5 Å². The molecule has 0 heterocycles. The van der Waals surface area contributed by atoms with Crippen LogP contribution >= 0.6 is 0 Å². The van der Waals surface area contributed by atoms with Gasteiger partial charge in [-0.05, 0) is 37.1 Å². The highest BCUT2D eigenvalue weighted by Gasteiger charge is 2.13. The lowest BCUT2D eigenvalue weighted by molar-refractivity contribution is 0.151. The quantitative estimate of drug-likeness (QED) is 0.879. The van der Waals surface area contributed by atoms with Crippen molar-refractivity contribution >= 4 is 0 Å². The number of benzene rings is 2. The number of alkyl halides is 2. The van der Waals surface area contributed by atoms with Crippen molar-refractivity contribution in [1.29, 1.82) is 0 Å². The second kappa shape index (κ2) is 6.68. The first-order valence-electron chi connectivity index (χ1n) is 6.80. The van der Waals surface area contributed by atoms with Crippen molar-refractivity contribution in [3.8, 4) is 5.75 Å². The maximum absolute atomic E-state index is 12.5. The Morgan fingerprint density at radius 1 is 0.905 bits per heavy atom. The predicted molar refractivity (Wildman–Crippen MR) is 77.7 cm³/mol. The normalized spacial score (nSPS) is 12.7. The van der Waals surface area contributed by atoms with Gasteiger partial charge >= 0.3 is 0 Å². The van der Waals surface area contributed by atoms with Gasteiger partial charge in [0.2, 0.25) is 0 Å². The SMILES string of the molecule is CC(C)Oc1cccc(C(O)c2ccc(C(F)F)cc2)c1. The van der Waals surface area contributed by atoms with E-state index in [2.05, 4.69) is 0 Å². The van der Waals surface area contributed by atoms with E-state index < -0.39 is 12.5 Å². The van der Waals surface area contributed by atoms with Crippen LogP contribution in [0, 0.1) is 0 Å². The Bertz CT molecular complexity index is 580. The van der Waals surface area contributed by atoms with E-state index in [1.54, 1.807) is 18.2 Å². The van der Waals surface area contributed by atoms with Gasteiger partial charge in [-0.2, -0.15) is 0 Å². The number of ether oxygens (including phenoxy) is 1. The molecule has 0 fully saturated rings. The first-order valence-corrected chi connectivity index (χ1v) is 6.80. The molecule has 0 aliphatic rings. The molecule has 1 unspecified atom stereocenters. The molecule has 1 atom stereocenters. The van der Waals surface area contributed by atoms with E-state index in [1.165, 1.54) is 24.3 Å². The summed E-state index contributed by atoms with van der Waals surface area (Å²) in [7, 11) is 0. The molecular weight excluding hydrogens is 274 g/mol. The summed E-state index contributed by atoms with van der Waals surface area (Å²) in [5.41, 5.74) is 1.18. The van der Waals surface area contributed by atoms with Crippen LogP contribution in [0.2, 0.25) is 0 Å². The Hall–Kier alpha value is -1.94. The van der Waals surface area contributed by atoms with Crippen LogP contribution < -0.4 is 4.74 Å². The number of aliphatic hydroxyl groups is 1. The van der Waals surface area contributed by atoms with Gasteiger partial charge in [0.25, 0.3) is 6.43 Å². The third kappa shape index (κ3) is 4.02. The summed E-state index contributed by atoms with van der Waals surface area (Å²) in [6, 6.07) is 12.8. The number of hydrogen-bond acceptors (Lipinski definition) is 2. The molecule has 2 aromatic carbocycles. The van der Waals surface area contributed by atoms with E-state index in [4.69, 9.17) is 4.74 Å². The minimum absolute atomic E-state index is 0.0442. The average molecular weight is 292 g/mol. The summed E-state index contributed by atoms with van der Waals surface area (Å²) in [4.78, 5) is 0. The standard InChI is InChI=1S/C17H18F2O2/c1-11(2)21-15-5-3-4-14(10-15)16(20)12-6-8-13(9-7-12)17(18)19/h3-11,16-17,20H,1-2H3. The van der Waals surface area contributed by atoms with E-state index in [0.29, 0.717) is 16.9 Å². The zero-order chi connectivity index (χ0) is 15.4. The van der Waals surface area contributed by atoms with Crippen LogP contribution in [0.3, 0.4) is 0 Å². The molecule has 0 aromatic heterocycles. The molecule has 0 aliphatic heterocycles. The molecule has 2 aromatic rings. The van der Waals surface area contributed by atoms with Crippen LogP contribution in [0.15, 0.2) is 48.5 Å². The molecule has 0 saturated heterocycles. The lowest BCUT2D eigenvalue weighted by Crippen LogP contribution is -2.06. The van der Waals surface area contributed by atoms with Crippen LogP contribution in [0.5, 0.6) is 5.75 Å². The minimum atomic E-state index is -2.50. The second-order valence-electron chi connectivity index (χ2n) is 5.11. The monoisotopic (exact) mass is 292 g/mol. The van der Waals surface area contributed by atoms with Crippen molar-refractivity contribution in [2.45, 2.75) is 32.5 Å². The summed E-state index contributed by atoms with van der Waals surface area (Å²) >= 11 is 0. The smallest absolute Gasteiger partial charge is 0.263 e. The Morgan fingerprint density at radius 3 is 2.10 bits per heavy atom. The number of halogens is 2. The molecule has 2 nitrogen and oxygen atoms in total. The van der Waals surface area contributed by atoms with Crippen molar-refractivity contribution in [2.24, 2.45) is 0 Å². The molecule has 0 amide bonds. The fourth-order valence-corrected chi connectivity index (χ4v) is 2.05. The molecule has 21 heavy (non-hydrogen) atoms. The Morgan fingerprint density at radius 2 is 1.52 bits per heavy atom. The van der Waals surface area contributed by atoms with Crippen LogP contribution in [-0.4, -0.2) is 11.2 Å². The fraction of sp³-hybridized carbons (Fsp3) is 0.294. The van der Waals surface area contributed by atoms with Gasteiger partial charge in [-0.15, -0.1) is 0 Å². The van der Waals surface area contributed by atoms with Crippen LogP contribution in [0.1, 0.15) is 43.1 Å². The van der Waals surface area contributed by atoms with Gasteiger partial charge in [0, 0.05) is 5.56 Å². The number of hydrogen-bond donors (Lipinski definition) is 1. The lowest BCUT2D eigenvalue weighted by Gasteiger charge is -2.15. The molecule has 0 bridgehead atoms. The largest absolute Gasteiger partial charge is 0.491 e. The number of aliphatic hydroxyl groups excluding tert-OH is 1. The Kier molecular flexibility index (Phi) is 4.91. The van der Waals surface area contributed by atoms with Crippen LogP contribution in [-0.2, 0) is 0 Å². The molecule has 112 valence electrons. The third-order valence-corrected chi connectivity index (χ3v) is 3.05. The summed E-state index contributed by atoms with van der Waals surface area (Å²) in [6.07, 6.45) is -3.32. The van der Waals surface area contributed by atoms with E-state index >= 15 is 0 Å². The molecule has 1 N–H and O–H groups in total. The maximum atomic E-state index is 12.5. The number of rotatable bonds is 5. The summed E-state index contributed by atoms with van der Waals surface area (Å²) in [6.45, 7) is 3.85. The van der Waals surface area contributed by atoms with Crippen LogP contribution in [0.4, 0.5) is 8.78 Å². The van der Waals surface area contributed by atoms with Crippen LogP contribution in [0.25, 0.3) is 0 Å². The Labute approximate surface area is 123 Å². The Balaban J connectivity index is 2.20. The highest BCUT2D eigenvalue weighted by Crippen LogP contribution is 2.27. The highest BCUT2D eigenvalue weighted by atomic mass is 19.3. The van der Waals surface area contributed by atoms with E-state index in [9.17, 15) is 13.9 Å². The first-order chi connectivity index (χ1) is 9.97. The molecule has 0 aliphatic carbocycles. The maximum Gasteiger partial charge on any atom is 0.263 e. The van der Waals surface area contributed by atoms with Gasteiger partial charge < -0.3 is 9.84 Å². The van der Waals surface area contributed by atoms with Gasteiger partial charge in [-0.3, -0.25) is 0 Å². The van der Waals surface area contributed by atoms with Crippen molar-refractivity contribution in [3.05, 3.63) is 65.2 Å². The average Bonchev–Trinajstić information content (AvgIpc) is 2.46. The van der Waals surface area contributed by atoms with E-state index in [-0.39, 0.29) is 11.7 Å². The highest BCUT2D eigenvalue weighted by molar-refractivity contribution is 5.36. The lowest BCUT2D eigenvalue weighted by atomic mass is 10.0. The van der Waals surface area contributed by atoms with E-state index in [0.717, 1.165) is 0 Å². The molecular formula is C17H18F2O2. The van der Waals surface area contributed by atoms with Gasteiger partial charge in [-0.25, -0.2) is 8.78 Å². The van der Waals surface area contributed by atoms with Gasteiger partial charge in [0.15, 0.2) is 0 Å². The van der Waals surface area contributed by atoms with Crippen molar-refractivity contribution in [1.82, 2.24) is 0 Å². The summed E-state index contributed by atoms with van der Waals surface area (Å²) in [5, 5.41) is 10.3. The van der Waals surface area contributed by atoms with Crippen molar-refractivity contribution in [3.63, 3.8) is 0 Å². The fourth-order valence-electron chi connectivity index (χ4n) is 2.05. The van der Waals surface area contributed by atoms with E-state index in [1.807, 2.05) is 19.9 Å². The minimum Gasteiger partial charge on any atom is -0.491 e. The van der Waals surface area contributed by atoms with Gasteiger partial charge in [-0.1, -0.05) is 36.4 Å². The zero-order valence-electron chi connectivity index (χ0n) is 12.0. The molecule has 4 heteroatoms. The summed E-state index contributed by atoms with van der Waals surface area (Å²) in [5.74, 6) is 0.672.